The van der Waals surface area contributed by atoms with E-state index in [1.807, 2.05) is 35.8 Å². The summed E-state index contributed by atoms with van der Waals surface area (Å²) < 4.78 is 17.1. The number of hydrogen-bond donors (Lipinski definition) is 2. The lowest BCUT2D eigenvalue weighted by atomic mass is 10.1. The number of aryl methyl sites for hydroxylation is 1. The Morgan fingerprint density at radius 2 is 1.67 bits per heavy atom. The number of nitrogens with one attached hydrogen (secondary N) is 1. The molecule has 30 heavy (non-hydrogen) atoms. The standard InChI is InChI=1S/C23H20Cl2FN3O/c1-14-10-17(26)8-6-16(14)12-28-20-4-2-3-5-21(20)29(23(28)27)13-22(30)15-7-9-18(24)19(25)11-15/h2-11,22,27,30H,12-13H2,1H3. The van der Waals surface area contributed by atoms with Crippen LogP contribution in [0, 0.1) is 18.2 Å². The number of aliphatic hydroxyl groups excluding tert-OH is 1. The number of benzene rings is 3. The van der Waals surface area contributed by atoms with Crippen molar-refractivity contribution in [3.05, 3.63) is 98.8 Å². The van der Waals surface area contributed by atoms with E-state index in [0.717, 1.165) is 22.2 Å². The van der Waals surface area contributed by atoms with Crippen molar-refractivity contribution in [1.29, 1.82) is 5.41 Å². The van der Waals surface area contributed by atoms with Crippen LogP contribution in [0.5, 0.6) is 0 Å². The van der Waals surface area contributed by atoms with Gasteiger partial charge in [-0.15, -0.1) is 0 Å². The molecule has 0 saturated heterocycles. The summed E-state index contributed by atoms with van der Waals surface area (Å²) >= 11 is 12.1. The average molecular weight is 444 g/mol. The zero-order chi connectivity index (χ0) is 21.4. The summed E-state index contributed by atoms with van der Waals surface area (Å²) in [5.74, 6) is -0.278. The Bertz CT molecular complexity index is 1300. The van der Waals surface area contributed by atoms with Crippen molar-refractivity contribution in [1.82, 2.24) is 9.13 Å². The fraction of sp³-hybridized carbons (Fsp3) is 0.174. The van der Waals surface area contributed by atoms with E-state index in [0.29, 0.717) is 22.2 Å². The van der Waals surface area contributed by atoms with Gasteiger partial charge in [0, 0.05) is 0 Å². The molecule has 0 radical (unpaired) electrons. The van der Waals surface area contributed by atoms with Crippen LogP contribution in [0.2, 0.25) is 10.0 Å². The van der Waals surface area contributed by atoms with Crippen LogP contribution < -0.4 is 5.62 Å². The quantitative estimate of drug-likeness (QED) is 0.422. The smallest absolute Gasteiger partial charge is 0.203 e. The molecule has 1 unspecified atom stereocenters. The maximum Gasteiger partial charge on any atom is 0.203 e. The number of nitrogens with zero attached hydrogens (tertiary/aromatic N) is 2. The molecule has 1 aromatic heterocycles. The lowest BCUT2D eigenvalue weighted by Gasteiger charge is -2.13. The van der Waals surface area contributed by atoms with Gasteiger partial charge in [-0.1, -0.05) is 47.5 Å². The third kappa shape index (κ3) is 3.88. The van der Waals surface area contributed by atoms with Crippen molar-refractivity contribution in [2.24, 2.45) is 0 Å². The van der Waals surface area contributed by atoms with E-state index in [1.54, 1.807) is 28.8 Å². The van der Waals surface area contributed by atoms with E-state index in [2.05, 4.69) is 0 Å². The third-order valence-electron chi connectivity index (χ3n) is 5.29. The molecule has 154 valence electrons. The molecule has 0 spiro atoms. The summed E-state index contributed by atoms with van der Waals surface area (Å²) in [4.78, 5) is 0. The maximum atomic E-state index is 13.5. The van der Waals surface area contributed by atoms with Gasteiger partial charge in [0.15, 0.2) is 0 Å². The molecule has 1 atom stereocenters. The SMILES string of the molecule is Cc1cc(F)ccc1Cn1c(=N)n(CC(O)c2ccc(Cl)c(Cl)c2)c2ccccc21. The van der Waals surface area contributed by atoms with Gasteiger partial charge >= 0.3 is 0 Å². The molecule has 4 rings (SSSR count). The second-order valence-electron chi connectivity index (χ2n) is 7.27. The van der Waals surface area contributed by atoms with Gasteiger partial charge in [-0.05, 0) is 60.0 Å². The minimum absolute atomic E-state index is 0.187. The number of imidazole rings is 1. The fourth-order valence-electron chi connectivity index (χ4n) is 3.64. The molecule has 7 heteroatoms. The van der Waals surface area contributed by atoms with E-state index in [4.69, 9.17) is 28.6 Å². The van der Waals surface area contributed by atoms with Crippen LogP contribution in [0.4, 0.5) is 4.39 Å². The predicted molar refractivity (Wildman–Crippen MR) is 117 cm³/mol. The third-order valence-corrected chi connectivity index (χ3v) is 6.03. The number of fused-ring (bicyclic) bond motifs is 1. The number of halogens is 3. The molecule has 0 bridgehead atoms. The first-order valence-corrected chi connectivity index (χ1v) is 10.2. The lowest BCUT2D eigenvalue weighted by Crippen LogP contribution is -2.27. The summed E-state index contributed by atoms with van der Waals surface area (Å²) in [5, 5.41) is 20.4. The van der Waals surface area contributed by atoms with Gasteiger partial charge in [0.05, 0.1) is 40.3 Å². The lowest BCUT2D eigenvalue weighted by molar-refractivity contribution is 0.156. The highest BCUT2D eigenvalue weighted by Gasteiger charge is 2.16. The molecule has 0 amide bonds. The van der Waals surface area contributed by atoms with Crippen LogP contribution in [0.25, 0.3) is 11.0 Å². The maximum absolute atomic E-state index is 13.5. The van der Waals surface area contributed by atoms with Crippen LogP contribution in [0.3, 0.4) is 0 Å². The van der Waals surface area contributed by atoms with E-state index in [-0.39, 0.29) is 18.0 Å². The van der Waals surface area contributed by atoms with Gasteiger partial charge in [0.25, 0.3) is 0 Å². The van der Waals surface area contributed by atoms with E-state index < -0.39 is 6.10 Å². The van der Waals surface area contributed by atoms with Crippen LogP contribution in [-0.4, -0.2) is 14.2 Å². The number of aromatic nitrogens is 2. The molecule has 3 aromatic carbocycles. The Morgan fingerprint density at radius 1 is 0.967 bits per heavy atom. The first-order valence-electron chi connectivity index (χ1n) is 9.46. The molecule has 0 saturated carbocycles. The zero-order valence-electron chi connectivity index (χ0n) is 16.2. The van der Waals surface area contributed by atoms with Gasteiger partial charge in [0.1, 0.15) is 5.82 Å². The van der Waals surface area contributed by atoms with Crippen molar-refractivity contribution in [2.75, 3.05) is 0 Å². The Labute approximate surface area is 183 Å². The first kappa shape index (κ1) is 20.7. The molecular weight excluding hydrogens is 424 g/mol. The molecule has 0 fully saturated rings. The molecule has 4 aromatic rings. The number of rotatable bonds is 5. The van der Waals surface area contributed by atoms with Crippen molar-refractivity contribution in [3.8, 4) is 0 Å². The van der Waals surface area contributed by atoms with Gasteiger partial charge < -0.3 is 14.2 Å². The molecule has 0 aliphatic rings. The van der Waals surface area contributed by atoms with Crippen LogP contribution in [-0.2, 0) is 13.1 Å². The summed E-state index contributed by atoms with van der Waals surface area (Å²) in [5.41, 5.74) is 4.34. The zero-order valence-corrected chi connectivity index (χ0v) is 17.8. The summed E-state index contributed by atoms with van der Waals surface area (Å²) in [6, 6.07) is 17.4. The van der Waals surface area contributed by atoms with Crippen molar-refractivity contribution in [2.45, 2.75) is 26.1 Å². The Kier molecular flexibility index (Phi) is 5.69. The number of aliphatic hydroxyl groups is 1. The van der Waals surface area contributed by atoms with Gasteiger partial charge in [-0.2, -0.15) is 0 Å². The normalized spacial score (nSPS) is 12.4. The first-order chi connectivity index (χ1) is 14.3. The minimum Gasteiger partial charge on any atom is -0.387 e. The van der Waals surface area contributed by atoms with Crippen molar-refractivity contribution in [3.63, 3.8) is 0 Å². The largest absolute Gasteiger partial charge is 0.387 e. The Balaban J connectivity index is 1.75. The minimum atomic E-state index is -0.860. The second-order valence-corrected chi connectivity index (χ2v) is 8.08. The van der Waals surface area contributed by atoms with Gasteiger partial charge in [-0.3, -0.25) is 5.41 Å². The molecule has 0 aliphatic heterocycles. The van der Waals surface area contributed by atoms with Gasteiger partial charge in [0.2, 0.25) is 5.62 Å². The van der Waals surface area contributed by atoms with Crippen molar-refractivity contribution >= 4 is 34.2 Å². The molecule has 2 N–H and O–H groups in total. The highest BCUT2D eigenvalue weighted by Crippen LogP contribution is 2.27. The monoisotopic (exact) mass is 443 g/mol. The van der Waals surface area contributed by atoms with E-state index >= 15 is 0 Å². The average Bonchev–Trinajstić information content (AvgIpc) is 2.98. The molecule has 0 aliphatic carbocycles. The summed E-state index contributed by atoms with van der Waals surface area (Å²) in [7, 11) is 0. The Hall–Kier alpha value is -2.60. The molecule has 4 nitrogen and oxygen atoms in total. The highest BCUT2D eigenvalue weighted by atomic mass is 35.5. The summed E-state index contributed by atoms with van der Waals surface area (Å²) in [6.07, 6.45) is -0.860. The molecule has 1 heterocycles. The fourth-order valence-corrected chi connectivity index (χ4v) is 3.95. The molecular formula is C23H20Cl2FN3O. The summed E-state index contributed by atoms with van der Waals surface area (Å²) in [6.45, 7) is 2.48. The van der Waals surface area contributed by atoms with Crippen molar-refractivity contribution < 1.29 is 9.50 Å². The Morgan fingerprint density at radius 3 is 2.33 bits per heavy atom. The van der Waals surface area contributed by atoms with E-state index in [1.165, 1.54) is 12.1 Å². The van der Waals surface area contributed by atoms with Crippen LogP contribution >= 0.6 is 23.2 Å². The van der Waals surface area contributed by atoms with Crippen LogP contribution in [0.15, 0.2) is 60.7 Å². The second kappa shape index (κ2) is 8.26. The van der Waals surface area contributed by atoms with E-state index in [9.17, 15) is 9.50 Å². The number of hydrogen-bond acceptors (Lipinski definition) is 2. The highest BCUT2D eigenvalue weighted by molar-refractivity contribution is 6.42. The number of para-hydroxylation sites is 2. The topological polar surface area (TPSA) is 53.9 Å². The van der Waals surface area contributed by atoms with Crippen LogP contribution in [0.1, 0.15) is 22.8 Å². The van der Waals surface area contributed by atoms with Gasteiger partial charge in [-0.25, -0.2) is 4.39 Å². The predicted octanol–water partition coefficient (Wildman–Crippen LogP) is 5.46.